The van der Waals surface area contributed by atoms with Crippen molar-refractivity contribution in [3.05, 3.63) is 0 Å². The van der Waals surface area contributed by atoms with E-state index in [9.17, 15) is 4.79 Å². The highest BCUT2D eigenvalue weighted by molar-refractivity contribution is 5.69. The second-order valence-corrected chi connectivity index (χ2v) is 5.90. The monoisotopic (exact) mass is 284 g/mol. The molecule has 1 aliphatic rings. The van der Waals surface area contributed by atoms with Crippen LogP contribution in [0.3, 0.4) is 0 Å². The van der Waals surface area contributed by atoms with Crippen molar-refractivity contribution < 1.29 is 14.3 Å². The van der Waals surface area contributed by atoms with Crippen LogP contribution in [-0.2, 0) is 14.3 Å². The Balaban J connectivity index is 1.72. The van der Waals surface area contributed by atoms with Gasteiger partial charge in [-0.2, -0.15) is 0 Å². The maximum Gasteiger partial charge on any atom is 0.305 e. The zero-order valence-electron chi connectivity index (χ0n) is 13.2. The van der Waals surface area contributed by atoms with Crippen molar-refractivity contribution in [3.8, 4) is 0 Å². The first-order chi connectivity index (χ1) is 9.83. The molecule has 3 heteroatoms. The van der Waals surface area contributed by atoms with E-state index in [4.69, 9.17) is 9.47 Å². The number of epoxide rings is 1. The van der Waals surface area contributed by atoms with Gasteiger partial charge in [-0.3, -0.25) is 4.79 Å². The zero-order valence-corrected chi connectivity index (χ0v) is 13.2. The summed E-state index contributed by atoms with van der Waals surface area (Å²) < 4.78 is 10.3. The molecule has 118 valence electrons. The van der Waals surface area contributed by atoms with Crippen LogP contribution in [0, 0.1) is 0 Å². The second-order valence-electron chi connectivity index (χ2n) is 5.90. The van der Waals surface area contributed by atoms with Crippen molar-refractivity contribution in [1.82, 2.24) is 0 Å². The second kappa shape index (κ2) is 12.2. The van der Waals surface area contributed by atoms with Gasteiger partial charge in [0.15, 0.2) is 0 Å². The Hall–Kier alpha value is -0.570. The molecule has 0 amide bonds. The van der Waals surface area contributed by atoms with Crippen LogP contribution in [0.1, 0.15) is 84.0 Å². The van der Waals surface area contributed by atoms with Gasteiger partial charge in [-0.05, 0) is 19.3 Å². The molecule has 0 N–H and O–H groups in total. The van der Waals surface area contributed by atoms with Crippen LogP contribution in [0.4, 0.5) is 0 Å². The summed E-state index contributed by atoms with van der Waals surface area (Å²) in [5.74, 6) is -0.0235. The van der Waals surface area contributed by atoms with Crippen molar-refractivity contribution in [2.24, 2.45) is 0 Å². The molecule has 1 saturated heterocycles. The lowest BCUT2D eigenvalue weighted by molar-refractivity contribution is -0.143. The molecule has 1 rings (SSSR count). The third-order valence-corrected chi connectivity index (χ3v) is 3.82. The number of esters is 1. The van der Waals surface area contributed by atoms with Crippen LogP contribution in [0.25, 0.3) is 0 Å². The van der Waals surface area contributed by atoms with E-state index in [1.165, 1.54) is 51.4 Å². The molecule has 0 aromatic carbocycles. The van der Waals surface area contributed by atoms with E-state index >= 15 is 0 Å². The van der Waals surface area contributed by atoms with Crippen LogP contribution in [0.5, 0.6) is 0 Å². The molecule has 1 heterocycles. The van der Waals surface area contributed by atoms with E-state index in [2.05, 4.69) is 6.92 Å². The number of unbranched alkanes of at least 4 members (excludes halogenated alkanes) is 8. The first-order valence-electron chi connectivity index (χ1n) is 8.60. The van der Waals surface area contributed by atoms with Gasteiger partial charge in [0.2, 0.25) is 0 Å². The standard InChI is InChI=1S/C17H32O3/c1-2-3-4-5-6-7-8-9-10-13-17(18)19-14-11-12-16-15-20-16/h16H,2-15H2,1H3. The highest BCUT2D eigenvalue weighted by atomic mass is 16.6. The summed E-state index contributed by atoms with van der Waals surface area (Å²) in [6.45, 7) is 3.71. The summed E-state index contributed by atoms with van der Waals surface area (Å²) in [5, 5.41) is 0. The van der Waals surface area contributed by atoms with Gasteiger partial charge in [0.25, 0.3) is 0 Å². The van der Waals surface area contributed by atoms with Gasteiger partial charge in [-0.15, -0.1) is 0 Å². The van der Waals surface area contributed by atoms with Crippen molar-refractivity contribution in [3.63, 3.8) is 0 Å². The number of ether oxygens (including phenoxy) is 2. The average Bonchev–Trinajstić information content (AvgIpc) is 3.26. The topological polar surface area (TPSA) is 38.8 Å². The molecule has 1 unspecified atom stereocenters. The Morgan fingerprint density at radius 2 is 1.60 bits per heavy atom. The normalized spacial score (nSPS) is 17.1. The lowest BCUT2D eigenvalue weighted by atomic mass is 10.1. The summed E-state index contributed by atoms with van der Waals surface area (Å²) in [6, 6.07) is 0. The number of rotatable bonds is 14. The van der Waals surface area contributed by atoms with Crippen molar-refractivity contribution in [1.29, 1.82) is 0 Å². The maximum absolute atomic E-state index is 11.5. The van der Waals surface area contributed by atoms with Gasteiger partial charge < -0.3 is 9.47 Å². The zero-order chi connectivity index (χ0) is 14.5. The summed E-state index contributed by atoms with van der Waals surface area (Å²) in [4.78, 5) is 11.5. The molecule has 0 aliphatic carbocycles. The third-order valence-electron chi connectivity index (χ3n) is 3.82. The van der Waals surface area contributed by atoms with Crippen LogP contribution in [-0.4, -0.2) is 25.3 Å². The average molecular weight is 284 g/mol. The van der Waals surface area contributed by atoms with E-state index in [0.29, 0.717) is 19.1 Å². The molecule has 0 spiro atoms. The van der Waals surface area contributed by atoms with Crippen LogP contribution in [0.15, 0.2) is 0 Å². The van der Waals surface area contributed by atoms with Crippen LogP contribution >= 0.6 is 0 Å². The number of hydrogen-bond acceptors (Lipinski definition) is 3. The van der Waals surface area contributed by atoms with E-state index < -0.39 is 0 Å². The Kier molecular flexibility index (Phi) is 10.7. The number of carbonyl (C=O) groups is 1. The van der Waals surface area contributed by atoms with Gasteiger partial charge in [0, 0.05) is 6.42 Å². The molecule has 0 aromatic rings. The Morgan fingerprint density at radius 1 is 1.00 bits per heavy atom. The minimum atomic E-state index is -0.0235. The molecule has 0 saturated carbocycles. The van der Waals surface area contributed by atoms with E-state index in [0.717, 1.165) is 25.9 Å². The molecule has 1 atom stereocenters. The lowest BCUT2D eigenvalue weighted by Gasteiger charge is -2.04. The maximum atomic E-state index is 11.5. The quantitative estimate of drug-likeness (QED) is 0.265. The summed E-state index contributed by atoms with van der Waals surface area (Å²) in [5.41, 5.74) is 0. The van der Waals surface area contributed by atoms with Gasteiger partial charge in [0.1, 0.15) is 0 Å². The summed E-state index contributed by atoms with van der Waals surface area (Å²) in [7, 11) is 0. The van der Waals surface area contributed by atoms with Crippen molar-refractivity contribution in [2.75, 3.05) is 13.2 Å². The predicted molar refractivity (Wildman–Crippen MR) is 81.8 cm³/mol. The van der Waals surface area contributed by atoms with Gasteiger partial charge in [-0.25, -0.2) is 0 Å². The highest BCUT2D eigenvalue weighted by Crippen LogP contribution is 2.15. The SMILES string of the molecule is CCCCCCCCCCCC(=O)OCCCC1CO1. The summed E-state index contributed by atoms with van der Waals surface area (Å²) in [6.07, 6.45) is 14.6. The van der Waals surface area contributed by atoms with E-state index in [-0.39, 0.29) is 5.97 Å². The molecule has 0 aromatic heterocycles. The van der Waals surface area contributed by atoms with E-state index in [1.54, 1.807) is 0 Å². The Morgan fingerprint density at radius 3 is 2.20 bits per heavy atom. The first kappa shape index (κ1) is 17.5. The van der Waals surface area contributed by atoms with Gasteiger partial charge >= 0.3 is 5.97 Å². The smallest absolute Gasteiger partial charge is 0.305 e. The first-order valence-corrected chi connectivity index (χ1v) is 8.60. The summed E-state index contributed by atoms with van der Waals surface area (Å²) >= 11 is 0. The fourth-order valence-electron chi connectivity index (χ4n) is 2.38. The van der Waals surface area contributed by atoms with Crippen molar-refractivity contribution >= 4 is 5.97 Å². The van der Waals surface area contributed by atoms with E-state index in [1.807, 2.05) is 0 Å². The molecular formula is C17H32O3. The highest BCUT2D eigenvalue weighted by Gasteiger charge is 2.21. The molecule has 0 radical (unpaired) electrons. The number of hydrogen-bond donors (Lipinski definition) is 0. The predicted octanol–water partition coefficient (Wildman–Crippen LogP) is 4.63. The molecule has 1 fully saturated rings. The fourth-order valence-corrected chi connectivity index (χ4v) is 2.38. The molecule has 20 heavy (non-hydrogen) atoms. The minimum Gasteiger partial charge on any atom is -0.466 e. The third kappa shape index (κ3) is 11.3. The van der Waals surface area contributed by atoms with Gasteiger partial charge in [0.05, 0.1) is 19.3 Å². The fraction of sp³-hybridized carbons (Fsp3) is 0.941. The lowest BCUT2D eigenvalue weighted by Crippen LogP contribution is -2.06. The number of carbonyl (C=O) groups excluding carboxylic acids is 1. The van der Waals surface area contributed by atoms with Crippen LogP contribution in [0.2, 0.25) is 0 Å². The Labute approximate surface area is 124 Å². The molecule has 3 nitrogen and oxygen atoms in total. The molecular weight excluding hydrogens is 252 g/mol. The Bertz CT molecular complexity index is 236. The molecule has 1 aliphatic heterocycles. The van der Waals surface area contributed by atoms with Crippen LogP contribution < -0.4 is 0 Å². The minimum absolute atomic E-state index is 0.0235. The largest absolute Gasteiger partial charge is 0.466 e. The molecule has 0 bridgehead atoms. The van der Waals surface area contributed by atoms with Crippen molar-refractivity contribution in [2.45, 2.75) is 90.1 Å². The van der Waals surface area contributed by atoms with Gasteiger partial charge in [-0.1, -0.05) is 58.3 Å².